The highest BCUT2D eigenvalue weighted by molar-refractivity contribution is 5.53. The van der Waals surface area contributed by atoms with Crippen molar-refractivity contribution >= 4 is 5.69 Å². The molecule has 5 nitrogen and oxygen atoms in total. The minimum Gasteiger partial charge on any atom is -0.372 e. The maximum Gasteiger partial charge on any atom is 0.258 e. The van der Waals surface area contributed by atoms with Crippen LogP contribution in [0, 0.1) is 19.7 Å². The van der Waals surface area contributed by atoms with Crippen molar-refractivity contribution in [2.24, 2.45) is 0 Å². The number of hydrogen-bond donors (Lipinski definition) is 0. The van der Waals surface area contributed by atoms with Gasteiger partial charge in [-0.15, -0.1) is 0 Å². The third-order valence-electron chi connectivity index (χ3n) is 4.16. The monoisotopic (exact) mass is 331 g/mol. The van der Waals surface area contributed by atoms with E-state index in [2.05, 4.69) is 4.98 Å². The van der Waals surface area contributed by atoms with E-state index < -0.39 is 0 Å². The molecule has 6 heteroatoms. The fourth-order valence-electron chi connectivity index (χ4n) is 3.32. The predicted octanol–water partition coefficient (Wildman–Crippen LogP) is 2.60. The van der Waals surface area contributed by atoms with Gasteiger partial charge in [0.1, 0.15) is 11.6 Å². The summed E-state index contributed by atoms with van der Waals surface area (Å²) in [5.74, 6) is 0.196. The molecule has 3 rings (SSSR count). The van der Waals surface area contributed by atoms with Crippen LogP contribution in [0.4, 0.5) is 10.1 Å². The second-order valence-corrected chi connectivity index (χ2v) is 6.42. The van der Waals surface area contributed by atoms with E-state index in [4.69, 9.17) is 4.74 Å². The molecule has 128 valence electrons. The van der Waals surface area contributed by atoms with Gasteiger partial charge in [-0.3, -0.25) is 9.36 Å². The summed E-state index contributed by atoms with van der Waals surface area (Å²) in [6, 6.07) is 6.32. The Labute approximate surface area is 140 Å². The Hall–Kier alpha value is -2.21. The lowest BCUT2D eigenvalue weighted by Crippen LogP contribution is -2.45. The molecule has 24 heavy (non-hydrogen) atoms. The molecule has 1 aliphatic rings. The van der Waals surface area contributed by atoms with Crippen molar-refractivity contribution in [3.63, 3.8) is 0 Å². The zero-order valence-electron chi connectivity index (χ0n) is 14.4. The van der Waals surface area contributed by atoms with Crippen LogP contribution in [-0.4, -0.2) is 34.8 Å². The fourth-order valence-corrected chi connectivity index (χ4v) is 3.32. The third kappa shape index (κ3) is 3.19. The Morgan fingerprint density at radius 3 is 2.42 bits per heavy atom. The molecule has 1 aromatic carbocycles. The SMILES string of the molecule is Cc1cc(=O)n(-c2ccc(N3C[C@H](C)O[C@@H](C)C3)c(F)c2)c(C)n1. The number of morpholine rings is 1. The van der Waals surface area contributed by atoms with Crippen LogP contribution < -0.4 is 10.5 Å². The van der Waals surface area contributed by atoms with Gasteiger partial charge in [-0.2, -0.15) is 0 Å². The molecule has 1 aliphatic heterocycles. The second kappa shape index (κ2) is 6.36. The molecule has 1 aromatic heterocycles. The summed E-state index contributed by atoms with van der Waals surface area (Å²) in [4.78, 5) is 18.5. The molecular weight excluding hydrogens is 309 g/mol. The van der Waals surface area contributed by atoms with Gasteiger partial charge in [0.15, 0.2) is 0 Å². The van der Waals surface area contributed by atoms with Gasteiger partial charge < -0.3 is 9.64 Å². The van der Waals surface area contributed by atoms with Crippen LogP contribution in [-0.2, 0) is 4.74 Å². The molecule has 0 aliphatic carbocycles. The van der Waals surface area contributed by atoms with E-state index >= 15 is 0 Å². The summed E-state index contributed by atoms with van der Waals surface area (Å²) >= 11 is 0. The Morgan fingerprint density at radius 2 is 1.83 bits per heavy atom. The first-order chi connectivity index (χ1) is 11.3. The molecule has 0 unspecified atom stereocenters. The van der Waals surface area contributed by atoms with Gasteiger partial charge in [-0.1, -0.05) is 0 Å². The Kier molecular flexibility index (Phi) is 4.41. The first-order valence-electron chi connectivity index (χ1n) is 8.13. The second-order valence-electron chi connectivity index (χ2n) is 6.42. The predicted molar refractivity (Wildman–Crippen MR) is 91.5 cm³/mol. The van der Waals surface area contributed by atoms with E-state index in [1.165, 1.54) is 16.7 Å². The largest absolute Gasteiger partial charge is 0.372 e. The summed E-state index contributed by atoms with van der Waals surface area (Å²) < 4.78 is 21.8. The number of rotatable bonds is 2. The molecule has 2 aromatic rings. The normalized spacial score (nSPS) is 21.1. The Bertz CT molecular complexity index is 808. The minimum atomic E-state index is -0.347. The highest BCUT2D eigenvalue weighted by atomic mass is 19.1. The molecule has 0 radical (unpaired) electrons. The number of anilines is 1. The van der Waals surface area contributed by atoms with E-state index in [0.717, 1.165) is 0 Å². The van der Waals surface area contributed by atoms with Gasteiger partial charge in [0.2, 0.25) is 0 Å². The summed E-state index contributed by atoms with van der Waals surface area (Å²) in [7, 11) is 0. The number of ether oxygens (including phenoxy) is 1. The van der Waals surface area contributed by atoms with E-state index in [1.54, 1.807) is 26.0 Å². The smallest absolute Gasteiger partial charge is 0.258 e. The van der Waals surface area contributed by atoms with Crippen molar-refractivity contribution < 1.29 is 9.13 Å². The molecule has 0 N–H and O–H groups in total. The first-order valence-corrected chi connectivity index (χ1v) is 8.13. The lowest BCUT2D eigenvalue weighted by Gasteiger charge is -2.37. The molecule has 2 atom stereocenters. The first kappa shape index (κ1) is 16.6. The zero-order chi connectivity index (χ0) is 17.4. The highest BCUT2D eigenvalue weighted by Gasteiger charge is 2.24. The van der Waals surface area contributed by atoms with Crippen molar-refractivity contribution in [2.75, 3.05) is 18.0 Å². The quantitative estimate of drug-likeness (QED) is 0.849. The molecule has 0 amide bonds. The number of halogens is 1. The Balaban J connectivity index is 1.98. The molecule has 0 saturated carbocycles. The zero-order valence-corrected chi connectivity index (χ0v) is 14.4. The molecular formula is C18H22FN3O2. The molecule has 1 saturated heterocycles. The maximum absolute atomic E-state index is 14.7. The number of aryl methyl sites for hydroxylation is 2. The van der Waals surface area contributed by atoms with Crippen LogP contribution in [0.5, 0.6) is 0 Å². The van der Waals surface area contributed by atoms with Crippen molar-refractivity contribution in [2.45, 2.75) is 39.9 Å². The van der Waals surface area contributed by atoms with Gasteiger partial charge in [0.05, 0.1) is 23.6 Å². The minimum absolute atomic E-state index is 0.0546. The number of aromatic nitrogens is 2. The standard InChI is InChI=1S/C18H22FN3O2/c1-11-7-18(23)22(14(4)20-11)15-5-6-17(16(19)8-15)21-9-12(2)24-13(3)10-21/h5-8,12-13H,9-10H2,1-4H3/t12-,13-/m0/s1. The van der Waals surface area contributed by atoms with Crippen LogP contribution in [0.15, 0.2) is 29.1 Å². The molecule has 2 heterocycles. The van der Waals surface area contributed by atoms with E-state index in [9.17, 15) is 9.18 Å². The Morgan fingerprint density at radius 1 is 1.17 bits per heavy atom. The fraction of sp³-hybridized carbons (Fsp3) is 0.444. The van der Waals surface area contributed by atoms with E-state index in [1.807, 2.05) is 18.7 Å². The van der Waals surface area contributed by atoms with Gasteiger partial charge >= 0.3 is 0 Å². The number of nitrogens with zero attached hydrogens (tertiary/aromatic N) is 3. The molecule has 0 spiro atoms. The number of hydrogen-bond acceptors (Lipinski definition) is 4. The summed E-state index contributed by atoms with van der Waals surface area (Å²) in [5, 5.41) is 0. The van der Waals surface area contributed by atoms with Crippen molar-refractivity contribution in [1.82, 2.24) is 9.55 Å². The summed E-state index contributed by atoms with van der Waals surface area (Å²) in [5.41, 5.74) is 1.47. The van der Waals surface area contributed by atoms with Crippen molar-refractivity contribution in [1.29, 1.82) is 0 Å². The van der Waals surface area contributed by atoms with Crippen molar-refractivity contribution in [3.8, 4) is 5.69 Å². The van der Waals surface area contributed by atoms with Gasteiger partial charge in [0, 0.05) is 30.9 Å². The van der Waals surface area contributed by atoms with Crippen molar-refractivity contribution in [3.05, 3.63) is 52.0 Å². The van der Waals surface area contributed by atoms with E-state index in [-0.39, 0.29) is 23.6 Å². The topological polar surface area (TPSA) is 47.4 Å². The van der Waals surface area contributed by atoms with Crippen LogP contribution >= 0.6 is 0 Å². The maximum atomic E-state index is 14.7. The average Bonchev–Trinajstić information content (AvgIpc) is 2.45. The van der Waals surface area contributed by atoms with Crippen LogP contribution in [0.3, 0.4) is 0 Å². The average molecular weight is 331 g/mol. The summed E-state index contributed by atoms with van der Waals surface area (Å²) in [6.45, 7) is 8.76. The van der Waals surface area contributed by atoms with Crippen LogP contribution in [0.1, 0.15) is 25.4 Å². The van der Waals surface area contributed by atoms with Gasteiger partial charge in [-0.25, -0.2) is 9.37 Å². The number of benzene rings is 1. The van der Waals surface area contributed by atoms with Crippen LogP contribution in [0.2, 0.25) is 0 Å². The highest BCUT2D eigenvalue weighted by Crippen LogP contribution is 2.25. The molecule has 0 bridgehead atoms. The van der Waals surface area contributed by atoms with E-state index in [0.29, 0.717) is 36.0 Å². The lowest BCUT2D eigenvalue weighted by molar-refractivity contribution is -0.00539. The third-order valence-corrected chi connectivity index (χ3v) is 4.16. The van der Waals surface area contributed by atoms with Gasteiger partial charge in [-0.05, 0) is 39.8 Å². The summed E-state index contributed by atoms with van der Waals surface area (Å²) in [6.07, 6.45) is 0.109. The molecule has 1 fully saturated rings. The van der Waals surface area contributed by atoms with Gasteiger partial charge in [0.25, 0.3) is 5.56 Å². The van der Waals surface area contributed by atoms with Crippen LogP contribution in [0.25, 0.3) is 5.69 Å². The lowest BCUT2D eigenvalue weighted by atomic mass is 10.1.